The third-order valence-electron chi connectivity index (χ3n) is 1.93. The predicted octanol–water partition coefficient (Wildman–Crippen LogP) is 2.21. The molecule has 0 bridgehead atoms. The van der Waals surface area contributed by atoms with Crippen LogP contribution in [-0.4, -0.2) is 45.0 Å². The van der Waals surface area contributed by atoms with E-state index in [9.17, 15) is 0 Å². The molecule has 0 radical (unpaired) electrons. The van der Waals surface area contributed by atoms with E-state index in [2.05, 4.69) is 15.9 Å². The third-order valence-corrected chi connectivity index (χ3v) is 2.42. The number of ether oxygens (including phenoxy) is 1. The van der Waals surface area contributed by atoms with Crippen molar-refractivity contribution in [3.05, 3.63) is 22.7 Å². The fourth-order valence-electron chi connectivity index (χ4n) is 1.21. The minimum Gasteiger partial charge on any atom is -0.495 e. The molecule has 16 heavy (non-hydrogen) atoms. The minimum atomic E-state index is -3.44. The molecule has 1 aliphatic rings. The molecular formula is C12H17BrN2O. The number of methoxy groups -OCH3 is 1. The van der Waals surface area contributed by atoms with Crippen LogP contribution in [-0.2, 0) is 0 Å². The molecule has 1 heterocycles. The summed E-state index contributed by atoms with van der Waals surface area (Å²) in [6.07, 6.45) is 0. The first-order chi connectivity index (χ1) is 11.9. The fourth-order valence-corrected chi connectivity index (χ4v) is 1.55. The summed E-state index contributed by atoms with van der Waals surface area (Å²) in [5, 5.41) is 0. The van der Waals surface area contributed by atoms with Crippen molar-refractivity contribution < 1.29 is 19.8 Å². The lowest BCUT2D eigenvalue weighted by Gasteiger charge is -2.34. The lowest BCUT2D eigenvalue weighted by molar-refractivity contribution is 0.311. The topological polar surface area (TPSA) is 15.7 Å². The molecule has 1 aliphatic heterocycles. The van der Waals surface area contributed by atoms with Gasteiger partial charge in [0.05, 0.1) is 18.3 Å². The lowest BCUT2D eigenvalue weighted by Crippen LogP contribution is -2.44. The highest BCUT2D eigenvalue weighted by atomic mass is 79.9. The summed E-state index contributed by atoms with van der Waals surface area (Å²) < 4.78 is 93.3. The molecule has 1 saturated heterocycles. The van der Waals surface area contributed by atoms with Crippen LogP contribution in [0.2, 0.25) is 0 Å². The first kappa shape index (κ1) is 4.18. The van der Waals surface area contributed by atoms with E-state index in [0.717, 1.165) is 0 Å². The van der Waals surface area contributed by atoms with Gasteiger partial charge in [0.25, 0.3) is 0 Å². The van der Waals surface area contributed by atoms with Gasteiger partial charge in [-0.25, -0.2) is 0 Å². The molecule has 0 atom stereocenters. The van der Waals surface area contributed by atoms with Crippen molar-refractivity contribution in [1.82, 2.24) is 4.90 Å². The van der Waals surface area contributed by atoms with E-state index in [1.807, 2.05) is 0 Å². The summed E-state index contributed by atoms with van der Waals surface area (Å²) in [5.41, 5.74) is -0.270. The van der Waals surface area contributed by atoms with Crippen molar-refractivity contribution in [3.63, 3.8) is 0 Å². The van der Waals surface area contributed by atoms with Crippen LogP contribution in [0.3, 0.4) is 0 Å². The third kappa shape index (κ3) is 2.50. The SMILES string of the molecule is [2H]C([2H])([2H])N1C([2H])([2H])C([2H])([2H])N(c2ccc(Br)cc2OC)C([2H])([2H])C1([2H])[2H]. The highest BCUT2D eigenvalue weighted by molar-refractivity contribution is 9.10. The van der Waals surface area contributed by atoms with Gasteiger partial charge in [0, 0.05) is 40.1 Å². The van der Waals surface area contributed by atoms with Crippen molar-refractivity contribution in [1.29, 1.82) is 0 Å². The first-order valence-corrected chi connectivity index (χ1v) is 5.17. The maximum absolute atomic E-state index is 8.24. The average Bonchev–Trinajstić information content (AvgIpc) is 2.44. The van der Waals surface area contributed by atoms with Crippen LogP contribution >= 0.6 is 15.9 Å². The number of hydrogen-bond acceptors (Lipinski definition) is 3. The summed E-state index contributed by atoms with van der Waals surface area (Å²) in [6, 6.07) is 4.03. The zero-order valence-electron chi connectivity index (χ0n) is 19.4. The van der Waals surface area contributed by atoms with Crippen LogP contribution in [0.5, 0.6) is 5.75 Å². The van der Waals surface area contributed by atoms with Gasteiger partial charge in [0.1, 0.15) is 5.75 Å². The van der Waals surface area contributed by atoms with E-state index in [-0.39, 0.29) is 21.2 Å². The number of anilines is 1. The summed E-state index contributed by atoms with van der Waals surface area (Å²) in [4.78, 5) is -0.109. The highest BCUT2D eigenvalue weighted by Gasteiger charge is 2.17. The van der Waals surface area contributed by atoms with Crippen molar-refractivity contribution in [2.75, 3.05) is 45.0 Å². The van der Waals surface area contributed by atoms with Gasteiger partial charge in [-0.2, -0.15) is 0 Å². The van der Waals surface area contributed by atoms with E-state index in [1.165, 1.54) is 25.3 Å². The van der Waals surface area contributed by atoms with E-state index in [4.69, 9.17) is 19.8 Å². The van der Waals surface area contributed by atoms with Crippen molar-refractivity contribution in [2.45, 2.75) is 0 Å². The van der Waals surface area contributed by atoms with Gasteiger partial charge in [-0.05, 0) is 25.2 Å². The Labute approximate surface area is 121 Å². The van der Waals surface area contributed by atoms with E-state index < -0.39 is 33.0 Å². The van der Waals surface area contributed by atoms with Crippen molar-refractivity contribution >= 4 is 21.6 Å². The quantitative estimate of drug-likeness (QED) is 0.832. The standard InChI is InChI=1S/C12H17BrN2O/c1-14-5-7-15(8-6-14)11-4-3-10(13)9-12(11)16-2/h3-4,9H,5-8H2,1-2H3/i1D3,5D2,6D2,7D2,8D2. The van der Waals surface area contributed by atoms with Crippen LogP contribution < -0.4 is 9.64 Å². The number of nitrogens with zero attached hydrogens (tertiary/aromatic N) is 2. The molecule has 2 rings (SSSR count). The molecule has 1 aromatic rings. The number of hydrogen-bond donors (Lipinski definition) is 0. The smallest absolute Gasteiger partial charge is 0.143 e. The second-order valence-corrected chi connectivity index (χ2v) is 3.85. The van der Waals surface area contributed by atoms with Gasteiger partial charge >= 0.3 is 0 Å². The largest absolute Gasteiger partial charge is 0.495 e. The Hall–Kier alpha value is -0.740. The Balaban J connectivity index is 2.85. The van der Waals surface area contributed by atoms with Crippen molar-refractivity contribution in [3.8, 4) is 5.75 Å². The summed E-state index contributed by atoms with van der Waals surface area (Å²) in [6.45, 7) is -16.9. The Morgan fingerprint density at radius 2 is 2.12 bits per heavy atom. The van der Waals surface area contributed by atoms with E-state index >= 15 is 0 Å². The summed E-state index contributed by atoms with van der Waals surface area (Å²) >= 11 is 3.18. The molecule has 4 heteroatoms. The van der Waals surface area contributed by atoms with Gasteiger partial charge in [0.15, 0.2) is 0 Å². The number of benzene rings is 1. The maximum Gasteiger partial charge on any atom is 0.143 e. The number of halogens is 1. The molecule has 0 N–H and O–H groups in total. The predicted molar refractivity (Wildman–Crippen MR) is 70.4 cm³/mol. The van der Waals surface area contributed by atoms with Crippen molar-refractivity contribution in [2.24, 2.45) is 0 Å². The number of rotatable bonds is 2. The molecule has 1 fully saturated rings. The molecule has 88 valence electrons. The zero-order valence-corrected chi connectivity index (χ0v) is 10.00. The van der Waals surface area contributed by atoms with Gasteiger partial charge < -0.3 is 14.5 Å². The normalized spacial score (nSPS) is 41.1. The maximum atomic E-state index is 8.24. The number of likely N-dealkylation sites (N-methyl/N-ethyl adjacent to an activating group) is 1. The molecule has 0 aromatic heterocycles. The molecule has 3 nitrogen and oxygen atoms in total. The van der Waals surface area contributed by atoms with Crippen LogP contribution in [0.1, 0.15) is 15.1 Å². The van der Waals surface area contributed by atoms with Gasteiger partial charge in [0.2, 0.25) is 0 Å². The molecule has 1 aromatic carbocycles. The lowest BCUT2D eigenvalue weighted by atomic mass is 10.2. The summed E-state index contributed by atoms with van der Waals surface area (Å²) in [5.74, 6) is -0.0499. The van der Waals surface area contributed by atoms with Crippen LogP contribution in [0.4, 0.5) is 5.69 Å². The van der Waals surface area contributed by atoms with Gasteiger partial charge in [-0.3, -0.25) is 0 Å². The van der Waals surface area contributed by atoms with Gasteiger partial charge in [-0.15, -0.1) is 0 Å². The Bertz CT molecular complexity index is 709. The highest BCUT2D eigenvalue weighted by Crippen LogP contribution is 2.31. The molecular weight excluding hydrogens is 268 g/mol. The van der Waals surface area contributed by atoms with Crippen LogP contribution in [0, 0.1) is 0 Å². The molecule has 0 aliphatic carbocycles. The molecule has 0 spiro atoms. The summed E-state index contributed by atoms with van der Waals surface area (Å²) in [7, 11) is 1.23. The van der Waals surface area contributed by atoms with E-state index in [1.54, 1.807) is 0 Å². The molecule has 0 unspecified atom stereocenters. The Morgan fingerprint density at radius 1 is 1.38 bits per heavy atom. The number of piperazine rings is 1. The second-order valence-electron chi connectivity index (χ2n) is 2.93. The monoisotopic (exact) mass is 295 g/mol. The Kier molecular flexibility index (Phi) is 1.32. The van der Waals surface area contributed by atoms with Crippen LogP contribution in [0.25, 0.3) is 0 Å². The zero-order chi connectivity index (χ0) is 21.2. The van der Waals surface area contributed by atoms with E-state index in [0.29, 0.717) is 4.47 Å². The molecule has 0 amide bonds. The first-order valence-electron chi connectivity index (χ1n) is 9.88. The van der Waals surface area contributed by atoms with Gasteiger partial charge in [-0.1, -0.05) is 15.9 Å². The van der Waals surface area contributed by atoms with Crippen LogP contribution in [0.15, 0.2) is 22.7 Å². The Morgan fingerprint density at radius 3 is 2.75 bits per heavy atom. The molecule has 0 saturated carbocycles. The second kappa shape index (κ2) is 5.06. The minimum absolute atomic E-state index is 0.0499. The fraction of sp³-hybridized carbons (Fsp3) is 0.500. The average molecular weight is 296 g/mol.